The van der Waals surface area contributed by atoms with Crippen molar-refractivity contribution < 1.29 is 4.79 Å². The molecule has 4 heteroatoms. The molecule has 0 aromatic rings. The minimum atomic E-state index is 0.0601. The van der Waals surface area contributed by atoms with Gasteiger partial charge in [-0.15, -0.1) is 0 Å². The smallest absolute Gasteiger partial charge is 0.237 e. The van der Waals surface area contributed by atoms with Crippen LogP contribution >= 0.6 is 0 Å². The molecule has 0 aromatic heterocycles. The molecule has 1 saturated carbocycles. The summed E-state index contributed by atoms with van der Waals surface area (Å²) in [5, 5.41) is 6.28. The van der Waals surface area contributed by atoms with E-state index in [0.29, 0.717) is 12.1 Å². The van der Waals surface area contributed by atoms with E-state index < -0.39 is 0 Å². The van der Waals surface area contributed by atoms with Crippen LogP contribution in [0.25, 0.3) is 0 Å². The average Bonchev–Trinajstić information content (AvgIpc) is 2.33. The van der Waals surface area contributed by atoms with Gasteiger partial charge in [0.05, 0.1) is 6.04 Å². The normalized spacial score (nSPS) is 37.1. The van der Waals surface area contributed by atoms with Crippen LogP contribution in [0.3, 0.4) is 0 Å². The quantitative estimate of drug-likeness (QED) is 0.712. The zero-order chi connectivity index (χ0) is 11.5. The predicted molar refractivity (Wildman–Crippen MR) is 64.3 cm³/mol. The fourth-order valence-corrected chi connectivity index (χ4v) is 3.00. The summed E-state index contributed by atoms with van der Waals surface area (Å²) in [5.74, 6) is 0.196. The molecule has 2 rings (SSSR count). The Bertz CT molecular complexity index is 249. The Labute approximate surface area is 97.8 Å². The largest absolute Gasteiger partial charge is 0.353 e. The van der Waals surface area contributed by atoms with Crippen LogP contribution in [-0.4, -0.2) is 49.1 Å². The van der Waals surface area contributed by atoms with Gasteiger partial charge in [-0.3, -0.25) is 9.69 Å². The van der Waals surface area contributed by atoms with Crippen LogP contribution in [0.1, 0.15) is 32.6 Å². The fourth-order valence-electron chi connectivity index (χ4n) is 3.00. The molecule has 0 aromatic carbocycles. The summed E-state index contributed by atoms with van der Waals surface area (Å²) in [6, 6.07) is 1.36. The number of rotatable bonds is 2. The molecule has 1 unspecified atom stereocenters. The van der Waals surface area contributed by atoms with Crippen molar-refractivity contribution in [3.63, 3.8) is 0 Å². The molecule has 1 atom stereocenters. The average molecular weight is 225 g/mol. The fraction of sp³-hybridized carbons (Fsp3) is 0.917. The Morgan fingerprint density at radius 2 is 2.00 bits per heavy atom. The van der Waals surface area contributed by atoms with Crippen molar-refractivity contribution in [1.82, 2.24) is 15.5 Å². The van der Waals surface area contributed by atoms with Crippen LogP contribution in [0.4, 0.5) is 0 Å². The molecule has 2 aliphatic rings. The maximum absolute atomic E-state index is 11.6. The molecule has 1 aliphatic carbocycles. The van der Waals surface area contributed by atoms with Gasteiger partial charge in [-0.2, -0.15) is 0 Å². The SMILES string of the molecule is CNC1CCC(N2CCNC(=O)C2C)CC1. The second kappa shape index (κ2) is 5.15. The van der Waals surface area contributed by atoms with E-state index in [0.717, 1.165) is 13.1 Å². The molecule has 16 heavy (non-hydrogen) atoms. The van der Waals surface area contributed by atoms with Crippen LogP contribution in [0.5, 0.6) is 0 Å². The van der Waals surface area contributed by atoms with Crippen LogP contribution in [0, 0.1) is 0 Å². The number of carbonyl (C=O) groups excluding carboxylic acids is 1. The molecule has 4 nitrogen and oxygen atoms in total. The summed E-state index contributed by atoms with van der Waals surface area (Å²) in [5.41, 5.74) is 0. The van der Waals surface area contributed by atoms with Gasteiger partial charge in [-0.25, -0.2) is 0 Å². The number of piperazine rings is 1. The Hall–Kier alpha value is -0.610. The van der Waals surface area contributed by atoms with Gasteiger partial charge >= 0.3 is 0 Å². The summed E-state index contributed by atoms with van der Waals surface area (Å²) in [4.78, 5) is 14.0. The van der Waals surface area contributed by atoms with Gasteiger partial charge in [-0.05, 0) is 39.7 Å². The molecule has 2 fully saturated rings. The monoisotopic (exact) mass is 225 g/mol. The van der Waals surface area contributed by atoms with E-state index in [1.807, 2.05) is 14.0 Å². The van der Waals surface area contributed by atoms with Gasteiger partial charge in [0, 0.05) is 25.2 Å². The van der Waals surface area contributed by atoms with Crippen molar-refractivity contribution in [2.75, 3.05) is 20.1 Å². The number of nitrogens with zero attached hydrogens (tertiary/aromatic N) is 1. The lowest BCUT2D eigenvalue weighted by atomic mass is 9.89. The van der Waals surface area contributed by atoms with Crippen molar-refractivity contribution in [2.24, 2.45) is 0 Å². The van der Waals surface area contributed by atoms with Gasteiger partial charge < -0.3 is 10.6 Å². The first-order chi connectivity index (χ1) is 7.72. The van der Waals surface area contributed by atoms with Crippen molar-refractivity contribution in [3.05, 3.63) is 0 Å². The Morgan fingerprint density at radius 3 is 2.62 bits per heavy atom. The van der Waals surface area contributed by atoms with Gasteiger partial charge in [0.15, 0.2) is 0 Å². The van der Waals surface area contributed by atoms with Crippen LogP contribution < -0.4 is 10.6 Å². The first kappa shape index (κ1) is 11.9. The minimum Gasteiger partial charge on any atom is -0.353 e. The van der Waals surface area contributed by atoms with E-state index in [2.05, 4.69) is 15.5 Å². The second-order valence-corrected chi connectivity index (χ2v) is 5.00. The maximum Gasteiger partial charge on any atom is 0.237 e. The zero-order valence-corrected chi connectivity index (χ0v) is 10.3. The molecule has 1 aliphatic heterocycles. The molecule has 1 amide bonds. The van der Waals surface area contributed by atoms with E-state index in [4.69, 9.17) is 0 Å². The molecular weight excluding hydrogens is 202 g/mol. The van der Waals surface area contributed by atoms with Crippen molar-refractivity contribution in [2.45, 2.75) is 50.7 Å². The van der Waals surface area contributed by atoms with Crippen molar-refractivity contribution >= 4 is 5.91 Å². The Morgan fingerprint density at radius 1 is 1.31 bits per heavy atom. The van der Waals surface area contributed by atoms with Gasteiger partial charge in [0.25, 0.3) is 0 Å². The predicted octanol–water partition coefficient (Wildman–Crippen LogP) is 0.337. The lowest BCUT2D eigenvalue weighted by molar-refractivity contribution is -0.129. The minimum absolute atomic E-state index is 0.0601. The van der Waals surface area contributed by atoms with E-state index in [9.17, 15) is 4.79 Å². The van der Waals surface area contributed by atoms with Gasteiger partial charge in [-0.1, -0.05) is 0 Å². The third-order valence-electron chi connectivity index (χ3n) is 4.12. The molecule has 0 bridgehead atoms. The standard InChI is InChI=1S/C12H23N3O/c1-9-12(16)14-7-8-15(9)11-5-3-10(13-2)4-6-11/h9-11,13H,3-8H2,1-2H3,(H,14,16). The summed E-state index contributed by atoms with van der Waals surface area (Å²) in [7, 11) is 2.04. The molecule has 2 N–H and O–H groups in total. The molecule has 0 radical (unpaired) electrons. The third-order valence-corrected chi connectivity index (χ3v) is 4.12. The maximum atomic E-state index is 11.6. The van der Waals surface area contributed by atoms with E-state index in [1.54, 1.807) is 0 Å². The highest BCUT2D eigenvalue weighted by Crippen LogP contribution is 2.25. The summed E-state index contributed by atoms with van der Waals surface area (Å²) in [6.45, 7) is 3.86. The summed E-state index contributed by atoms with van der Waals surface area (Å²) >= 11 is 0. The first-order valence-corrected chi connectivity index (χ1v) is 6.43. The van der Waals surface area contributed by atoms with Gasteiger partial charge in [0.1, 0.15) is 0 Å². The number of hydrogen-bond donors (Lipinski definition) is 2. The lowest BCUT2D eigenvalue weighted by Gasteiger charge is -2.42. The first-order valence-electron chi connectivity index (χ1n) is 6.43. The highest BCUT2D eigenvalue weighted by atomic mass is 16.2. The number of hydrogen-bond acceptors (Lipinski definition) is 3. The van der Waals surface area contributed by atoms with Crippen LogP contribution in [0.2, 0.25) is 0 Å². The number of amides is 1. The molecule has 92 valence electrons. The topological polar surface area (TPSA) is 44.4 Å². The molecule has 1 heterocycles. The number of carbonyl (C=O) groups is 1. The van der Waals surface area contributed by atoms with Gasteiger partial charge in [0.2, 0.25) is 5.91 Å². The second-order valence-electron chi connectivity index (χ2n) is 5.00. The van der Waals surface area contributed by atoms with Crippen LogP contribution in [-0.2, 0) is 4.79 Å². The summed E-state index contributed by atoms with van der Waals surface area (Å²) in [6.07, 6.45) is 4.93. The molecule has 0 spiro atoms. The Balaban J connectivity index is 1.90. The van der Waals surface area contributed by atoms with E-state index >= 15 is 0 Å². The zero-order valence-electron chi connectivity index (χ0n) is 10.3. The van der Waals surface area contributed by atoms with Crippen LogP contribution in [0.15, 0.2) is 0 Å². The van der Waals surface area contributed by atoms with Crippen molar-refractivity contribution in [1.29, 1.82) is 0 Å². The Kier molecular flexibility index (Phi) is 3.82. The van der Waals surface area contributed by atoms with E-state index in [1.165, 1.54) is 25.7 Å². The number of nitrogens with one attached hydrogen (secondary N) is 2. The molecule has 1 saturated heterocycles. The highest BCUT2D eigenvalue weighted by molar-refractivity contribution is 5.82. The molecular formula is C12H23N3O. The third kappa shape index (κ3) is 2.38. The van der Waals surface area contributed by atoms with E-state index in [-0.39, 0.29) is 11.9 Å². The lowest BCUT2D eigenvalue weighted by Crippen LogP contribution is -2.58. The summed E-state index contributed by atoms with van der Waals surface area (Å²) < 4.78 is 0. The van der Waals surface area contributed by atoms with Crippen molar-refractivity contribution in [3.8, 4) is 0 Å². The highest BCUT2D eigenvalue weighted by Gasteiger charge is 2.33.